The predicted molar refractivity (Wildman–Crippen MR) is 82.0 cm³/mol. The van der Waals surface area contributed by atoms with Crippen molar-refractivity contribution >= 4 is 31.9 Å². The van der Waals surface area contributed by atoms with E-state index < -0.39 is 0 Å². The number of hydrogen-bond acceptors (Lipinski definition) is 4. The minimum atomic E-state index is -0.257. The van der Waals surface area contributed by atoms with Crippen LogP contribution in [0.1, 0.15) is 16.7 Å². The van der Waals surface area contributed by atoms with Crippen molar-refractivity contribution in [3.05, 3.63) is 49.9 Å². The van der Waals surface area contributed by atoms with Gasteiger partial charge in [0.05, 0.1) is 15.6 Å². The highest BCUT2D eigenvalue weighted by Gasteiger charge is 2.16. The lowest BCUT2D eigenvalue weighted by molar-refractivity contribution is 0.279. The van der Waals surface area contributed by atoms with E-state index in [1.165, 1.54) is 6.07 Å². The molecule has 0 aliphatic rings. The van der Waals surface area contributed by atoms with Gasteiger partial charge in [-0.1, -0.05) is 6.07 Å². The molecule has 20 heavy (non-hydrogen) atoms. The van der Waals surface area contributed by atoms with Crippen LogP contribution in [0, 0.1) is 0 Å². The van der Waals surface area contributed by atoms with Gasteiger partial charge in [-0.05, 0) is 61.2 Å². The van der Waals surface area contributed by atoms with Crippen LogP contribution in [0.25, 0.3) is 0 Å². The molecule has 2 rings (SSSR count). The first-order valence-corrected chi connectivity index (χ1v) is 7.33. The van der Waals surface area contributed by atoms with E-state index >= 15 is 0 Å². The van der Waals surface area contributed by atoms with Crippen molar-refractivity contribution in [3.63, 3.8) is 0 Å². The van der Waals surface area contributed by atoms with E-state index in [1.807, 2.05) is 0 Å². The van der Waals surface area contributed by atoms with E-state index in [1.54, 1.807) is 18.2 Å². The van der Waals surface area contributed by atoms with Crippen LogP contribution in [-0.2, 0) is 13.0 Å². The molecule has 6 heteroatoms. The Balaban J connectivity index is 2.47. The largest absolute Gasteiger partial charge is 0.507 e. The Morgan fingerprint density at radius 3 is 2.20 bits per heavy atom. The molecule has 0 aromatic heterocycles. The fourth-order valence-corrected chi connectivity index (χ4v) is 2.81. The van der Waals surface area contributed by atoms with Crippen LogP contribution >= 0.6 is 31.9 Å². The van der Waals surface area contributed by atoms with E-state index in [-0.39, 0.29) is 23.9 Å². The number of phenolic OH excluding ortho intramolecular Hbond substituents is 3. The molecule has 0 aliphatic carbocycles. The SMILES string of the molecule is OCc1cc(Br)c(O)c(O)c1Cc1ccc(O)c(Br)c1. The summed E-state index contributed by atoms with van der Waals surface area (Å²) >= 11 is 6.34. The van der Waals surface area contributed by atoms with Gasteiger partial charge in [0.15, 0.2) is 11.5 Å². The molecule has 0 saturated heterocycles. The molecule has 4 N–H and O–H groups in total. The number of rotatable bonds is 3. The van der Waals surface area contributed by atoms with Crippen molar-refractivity contribution in [2.45, 2.75) is 13.0 Å². The maximum atomic E-state index is 10.0. The van der Waals surface area contributed by atoms with Crippen LogP contribution in [0.3, 0.4) is 0 Å². The lowest BCUT2D eigenvalue weighted by Crippen LogP contribution is -1.97. The number of phenols is 3. The molecular formula is C14H12Br2O4. The predicted octanol–water partition coefficient (Wildman–Crippen LogP) is 3.41. The Labute approximate surface area is 132 Å². The average Bonchev–Trinajstić information content (AvgIpc) is 2.43. The summed E-state index contributed by atoms with van der Waals surface area (Å²) < 4.78 is 0.871. The second-order valence-electron chi connectivity index (χ2n) is 4.31. The van der Waals surface area contributed by atoms with Gasteiger partial charge in [0.25, 0.3) is 0 Å². The first-order valence-electron chi connectivity index (χ1n) is 5.74. The van der Waals surface area contributed by atoms with Gasteiger partial charge in [0.2, 0.25) is 0 Å². The molecule has 2 aromatic rings. The number of hydrogen-bond donors (Lipinski definition) is 4. The third kappa shape index (κ3) is 2.92. The smallest absolute Gasteiger partial charge is 0.172 e. The van der Waals surface area contributed by atoms with Gasteiger partial charge in [-0.3, -0.25) is 0 Å². The van der Waals surface area contributed by atoms with Crippen molar-refractivity contribution in [2.75, 3.05) is 0 Å². The molecule has 4 nitrogen and oxygen atoms in total. The minimum absolute atomic E-state index is 0.124. The van der Waals surface area contributed by atoms with Gasteiger partial charge >= 0.3 is 0 Å². The molecule has 2 aromatic carbocycles. The molecular weight excluding hydrogens is 392 g/mol. The number of aromatic hydroxyl groups is 3. The maximum absolute atomic E-state index is 10.0. The van der Waals surface area contributed by atoms with E-state index in [2.05, 4.69) is 31.9 Å². The molecule has 0 amide bonds. The van der Waals surface area contributed by atoms with E-state index in [9.17, 15) is 20.4 Å². The van der Waals surface area contributed by atoms with Crippen molar-refractivity contribution in [2.24, 2.45) is 0 Å². The standard InChI is InChI=1S/C14H12Br2O4/c15-10-4-7(1-2-12(10)18)3-9-8(6-17)5-11(16)14(20)13(9)19/h1-2,4-5,17-20H,3,6H2. The summed E-state index contributed by atoms with van der Waals surface area (Å²) in [5, 5.41) is 38.6. The Hall–Kier alpha value is -1.24. The Bertz CT molecular complexity index is 656. The Kier molecular flexibility index (Phi) is 4.57. The summed E-state index contributed by atoms with van der Waals surface area (Å²) in [4.78, 5) is 0. The minimum Gasteiger partial charge on any atom is -0.507 e. The normalized spacial score (nSPS) is 10.8. The van der Waals surface area contributed by atoms with Crippen LogP contribution < -0.4 is 0 Å². The number of aliphatic hydroxyl groups excluding tert-OH is 1. The van der Waals surface area contributed by atoms with Gasteiger partial charge in [0, 0.05) is 12.0 Å². The van der Waals surface area contributed by atoms with Gasteiger partial charge in [-0.15, -0.1) is 0 Å². The van der Waals surface area contributed by atoms with Gasteiger partial charge in [-0.25, -0.2) is 0 Å². The third-order valence-electron chi connectivity index (χ3n) is 2.99. The summed E-state index contributed by atoms with van der Waals surface area (Å²) in [6, 6.07) is 6.53. The molecule has 0 heterocycles. The van der Waals surface area contributed by atoms with Crippen molar-refractivity contribution < 1.29 is 20.4 Å². The van der Waals surface area contributed by atoms with Gasteiger partial charge < -0.3 is 20.4 Å². The topological polar surface area (TPSA) is 80.9 Å². The monoisotopic (exact) mass is 402 g/mol. The van der Waals surface area contributed by atoms with Crippen LogP contribution in [0.4, 0.5) is 0 Å². The molecule has 0 aliphatic heterocycles. The Morgan fingerprint density at radius 2 is 1.60 bits per heavy atom. The highest BCUT2D eigenvalue weighted by atomic mass is 79.9. The third-order valence-corrected chi connectivity index (χ3v) is 4.23. The van der Waals surface area contributed by atoms with Gasteiger partial charge in [-0.2, -0.15) is 0 Å². The zero-order valence-corrected chi connectivity index (χ0v) is 13.4. The second-order valence-corrected chi connectivity index (χ2v) is 6.02. The molecule has 0 bridgehead atoms. The molecule has 0 saturated carbocycles. The van der Waals surface area contributed by atoms with Gasteiger partial charge in [0.1, 0.15) is 5.75 Å². The number of benzene rings is 2. The lowest BCUT2D eigenvalue weighted by Gasteiger charge is -2.13. The maximum Gasteiger partial charge on any atom is 0.172 e. The summed E-state index contributed by atoms with van der Waals surface area (Å²) in [5.74, 6) is -0.387. The lowest BCUT2D eigenvalue weighted by atomic mass is 9.98. The van der Waals surface area contributed by atoms with Crippen LogP contribution in [-0.4, -0.2) is 20.4 Å². The summed E-state index contributed by atoms with van der Waals surface area (Å²) in [7, 11) is 0. The fraction of sp³-hybridized carbons (Fsp3) is 0.143. The zero-order valence-electron chi connectivity index (χ0n) is 10.3. The Morgan fingerprint density at radius 1 is 0.900 bits per heavy atom. The van der Waals surface area contributed by atoms with Crippen molar-refractivity contribution in [1.82, 2.24) is 0 Å². The summed E-state index contributed by atoms with van der Waals surface area (Å²) in [6.45, 7) is -0.249. The van der Waals surface area contributed by atoms with Crippen LogP contribution in [0.5, 0.6) is 17.2 Å². The van der Waals surface area contributed by atoms with E-state index in [0.717, 1.165) is 5.56 Å². The zero-order chi connectivity index (χ0) is 14.9. The highest BCUT2D eigenvalue weighted by Crippen LogP contribution is 2.40. The first kappa shape index (κ1) is 15.2. The van der Waals surface area contributed by atoms with Crippen molar-refractivity contribution in [1.29, 1.82) is 0 Å². The van der Waals surface area contributed by atoms with E-state index in [0.29, 0.717) is 26.5 Å². The number of halogens is 2. The van der Waals surface area contributed by atoms with E-state index in [4.69, 9.17) is 0 Å². The molecule has 0 radical (unpaired) electrons. The fourth-order valence-electron chi connectivity index (χ4n) is 1.92. The quantitative estimate of drug-likeness (QED) is 0.592. The summed E-state index contributed by atoms with van der Waals surface area (Å²) in [6.07, 6.45) is 0.321. The molecule has 0 fully saturated rings. The molecule has 0 atom stereocenters. The molecule has 106 valence electrons. The summed E-state index contributed by atoms with van der Waals surface area (Å²) in [5.41, 5.74) is 1.79. The number of aliphatic hydroxyl groups is 1. The highest BCUT2D eigenvalue weighted by molar-refractivity contribution is 9.10. The van der Waals surface area contributed by atoms with Crippen LogP contribution in [0.2, 0.25) is 0 Å². The first-order chi connectivity index (χ1) is 9.43. The average molecular weight is 404 g/mol. The van der Waals surface area contributed by atoms with Crippen LogP contribution in [0.15, 0.2) is 33.2 Å². The van der Waals surface area contributed by atoms with Crippen molar-refractivity contribution in [3.8, 4) is 17.2 Å². The molecule has 0 spiro atoms. The molecule has 0 unspecified atom stereocenters. The second kappa shape index (κ2) is 6.03.